The summed E-state index contributed by atoms with van der Waals surface area (Å²) >= 11 is 0. The highest BCUT2D eigenvalue weighted by molar-refractivity contribution is 5.75. The molecule has 0 aromatic carbocycles. The van der Waals surface area contributed by atoms with E-state index in [0.717, 1.165) is 0 Å². The molecule has 0 saturated carbocycles. The van der Waals surface area contributed by atoms with Crippen LogP contribution in [0.2, 0.25) is 0 Å². The van der Waals surface area contributed by atoms with Gasteiger partial charge in [-0.3, -0.25) is 0 Å². The lowest BCUT2D eigenvalue weighted by molar-refractivity contribution is 1.58. The van der Waals surface area contributed by atoms with Gasteiger partial charge in [-0.2, -0.15) is 0 Å². The summed E-state index contributed by atoms with van der Waals surface area (Å²) in [6, 6.07) is 0. The molecule has 0 amide bonds. The molecule has 0 nitrogen and oxygen atoms in total. The molecule has 0 N–H and O–H groups in total. The number of hydrogen-bond donors (Lipinski definition) is 0. The normalized spacial score (nSPS) is 7.60. The molecule has 0 aromatic heterocycles. The first kappa shape index (κ1) is 9.09. The highest BCUT2D eigenvalue weighted by Gasteiger charge is 1.36. The van der Waals surface area contributed by atoms with Crippen LogP contribution in [-0.4, -0.2) is 23.1 Å². The lowest BCUT2D eigenvalue weighted by atomic mass is 10.6. The molecular formula is C4H9Mg. The van der Waals surface area contributed by atoms with Crippen molar-refractivity contribution in [3.63, 3.8) is 0 Å². The van der Waals surface area contributed by atoms with Crippen LogP contribution in [0.4, 0.5) is 0 Å². The van der Waals surface area contributed by atoms with Crippen molar-refractivity contribution in [2.45, 2.75) is 13.8 Å². The Kier molecular flexibility index (Phi) is 16.0. The molecule has 1 radical (unpaired) electrons. The summed E-state index contributed by atoms with van der Waals surface area (Å²) in [7, 11) is 0. The summed E-state index contributed by atoms with van der Waals surface area (Å²) in [6.45, 7) is 3.82. The van der Waals surface area contributed by atoms with E-state index in [1.807, 2.05) is 19.9 Å². The van der Waals surface area contributed by atoms with Crippen LogP contribution in [-0.2, 0) is 0 Å². The van der Waals surface area contributed by atoms with Crippen LogP contribution in [0, 0.1) is 6.08 Å². The minimum absolute atomic E-state index is 0. The lowest BCUT2D eigenvalue weighted by Crippen LogP contribution is -1.29. The van der Waals surface area contributed by atoms with Crippen LogP contribution in [0.25, 0.3) is 0 Å². The molecule has 5 heavy (non-hydrogen) atoms. The number of hydrogen-bond acceptors (Lipinski definition) is 0. The SMILES string of the molecule is C/[C]=C/C.[MgH2]. The van der Waals surface area contributed by atoms with Crippen molar-refractivity contribution < 1.29 is 0 Å². The van der Waals surface area contributed by atoms with E-state index in [9.17, 15) is 0 Å². The first-order chi connectivity index (χ1) is 1.91. The van der Waals surface area contributed by atoms with E-state index in [0.29, 0.717) is 0 Å². The van der Waals surface area contributed by atoms with Gasteiger partial charge >= 0.3 is 23.1 Å². The largest absolute Gasteiger partial charge is 0.316 e. The van der Waals surface area contributed by atoms with E-state index < -0.39 is 0 Å². The third-order valence-electron chi connectivity index (χ3n) is 0.289. The summed E-state index contributed by atoms with van der Waals surface area (Å²) in [5.74, 6) is 0. The van der Waals surface area contributed by atoms with Gasteiger partial charge in [0, 0.05) is 0 Å². The van der Waals surface area contributed by atoms with Crippen molar-refractivity contribution in [1.82, 2.24) is 0 Å². The van der Waals surface area contributed by atoms with E-state index in [2.05, 4.69) is 6.08 Å². The minimum atomic E-state index is 0. The van der Waals surface area contributed by atoms with Gasteiger partial charge in [-0.1, -0.05) is 12.2 Å². The van der Waals surface area contributed by atoms with Crippen molar-refractivity contribution in [1.29, 1.82) is 0 Å². The fourth-order valence-electron chi connectivity index (χ4n) is 0. The van der Waals surface area contributed by atoms with Gasteiger partial charge in [0.15, 0.2) is 0 Å². The second-order valence-electron chi connectivity index (χ2n) is 0.577. The predicted octanol–water partition coefficient (Wildman–Crippen LogP) is 0.469. The molecule has 0 aromatic rings. The van der Waals surface area contributed by atoms with Crippen LogP contribution in [0.15, 0.2) is 6.08 Å². The maximum absolute atomic E-state index is 2.81. The molecule has 0 aliphatic heterocycles. The summed E-state index contributed by atoms with van der Waals surface area (Å²) in [5, 5.41) is 0. The lowest BCUT2D eigenvalue weighted by Gasteiger charge is -1.47. The van der Waals surface area contributed by atoms with Gasteiger partial charge in [0.25, 0.3) is 0 Å². The molecular weight excluding hydrogens is 72.3 g/mol. The van der Waals surface area contributed by atoms with E-state index in [4.69, 9.17) is 0 Å². The van der Waals surface area contributed by atoms with Gasteiger partial charge in [0.1, 0.15) is 0 Å². The van der Waals surface area contributed by atoms with Gasteiger partial charge in [0.2, 0.25) is 0 Å². The molecule has 27 valence electrons. The second-order valence-corrected chi connectivity index (χ2v) is 0.577. The van der Waals surface area contributed by atoms with Gasteiger partial charge in [-0.05, 0) is 13.8 Å². The molecule has 0 bridgehead atoms. The van der Waals surface area contributed by atoms with E-state index in [1.165, 1.54) is 0 Å². The standard InChI is InChI=1S/C4H7.Mg.2H/c1-3-4-2;;;/h3H,1-2H3;;;. The maximum atomic E-state index is 2.81. The topological polar surface area (TPSA) is 0 Å². The Bertz CT molecular complexity index is 18.8. The molecule has 0 aliphatic carbocycles. The van der Waals surface area contributed by atoms with Crippen molar-refractivity contribution >= 4 is 23.1 Å². The Balaban J connectivity index is 0. The first-order valence-electron chi connectivity index (χ1n) is 1.37. The first-order valence-corrected chi connectivity index (χ1v) is 1.37. The molecule has 0 saturated heterocycles. The Labute approximate surface area is 49.4 Å². The average molecular weight is 81.4 g/mol. The summed E-state index contributed by atoms with van der Waals surface area (Å²) in [5.41, 5.74) is 0. The van der Waals surface area contributed by atoms with E-state index >= 15 is 0 Å². The molecule has 0 spiro atoms. The van der Waals surface area contributed by atoms with Crippen molar-refractivity contribution in [3.8, 4) is 0 Å². The number of rotatable bonds is 0. The van der Waals surface area contributed by atoms with Gasteiger partial charge in [0.05, 0.1) is 0 Å². The van der Waals surface area contributed by atoms with Crippen LogP contribution in [0.3, 0.4) is 0 Å². The molecule has 0 atom stereocenters. The summed E-state index contributed by atoms with van der Waals surface area (Å²) < 4.78 is 0. The maximum Gasteiger partial charge on any atom is 0.316 e. The van der Waals surface area contributed by atoms with Gasteiger partial charge in [-0.25, -0.2) is 0 Å². The summed E-state index contributed by atoms with van der Waals surface area (Å²) in [4.78, 5) is 0. The molecule has 0 rings (SSSR count). The highest BCUT2D eigenvalue weighted by Crippen LogP contribution is 1.54. The van der Waals surface area contributed by atoms with E-state index in [1.54, 1.807) is 0 Å². The number of allylic oxidation sites excluding steroid dienone is 2. The fourth-order valence-corrected chi connectivity index (χ4v) is 0. The van der Waals surface area contributed by atoms with Crippen LogP contribution < -0.4 is 0 Å². The zero-order chi connectivity index (χ0) is 3.41. The smallest absolute Gasteiger partial charge is 0.0845 e. The molecule has 0 aliphatic rings. The average Bonchev–Trinajstić information content (AvgIpc) is 1.37. The van der Waals surface area contributed by atoms with Crippen molar-refractivity contribution in [2.75, 3.05) is 0 Å². The molecule has 1 heteroatoms. The quantitative estimate of drug-likeness (QED) is 0.372. The van der Waals surface area contributed by atoms with Gasteiger partial charge < -0.3 is 0 Å². The van der Waals surface area contributed by atoms with Crippen LogP contribution in [0.5, 0.6) is 0 Å². The highest BCUT2D eigenvalue weighted by atomic mass is 24.3. The minimum Gasteiger partial charge on any atom is -0.0845 e. The fraction of sp³-hybridized carbons (Fsp3) is 0.500. The third-order valence-corrected chi connectivity index (χ3v) is 0.289. The Morgan fingerprint density at radius 3 is 1.80 bits per heavy atom. The monoisotopic (exact) mass is 81.1 g/mol. The van der Waals surface area contributed by atoms with E-state index in [-0.39, 0.29) is 23.1 Å². The third kappa shape index (κ3) is 12.5. The predicted molar refractivity (Wildman–Crippen MR) is 27.7 cm³/mol. The molecule has 0 unspecified atom stereocenters. The van der Waals surface area contributed by atoms with Crippen molar-refractivity contribution in [3.05, 3.63) is 12.2 Å². The molecule has 0 fully saturated rings. The Hall–Kier alpha value is 0.506. The zero-order valence-electron chi connectivity index (χ0n) is 3.08. The Morgan fingerprint density at radius 1 is 1.60 bits per heavy atom. The molecule has 0 heterocycles. The van der Waals surface area contributed by atoms with Gasteiger partial charge in [-0.15, -0.1) is 0 Å². The van der Waals surface area contributed by atoms with Crippen LogP contribution in [0.1, 0.15) is 13.8 Å². The zero-order valence-corrected chi connectivity index (χ0v) is 3.08. The Morgan fingerprint density at radius 2 is 1.80 bits per heavy atom. The van der Waals surface area contributed by atoms with Crippen molar-refractivity contribution in [2.24, 2.45) is 0 Å². The summed E-state index contributed by atoms with van der Waals surface area (Å²) in [6.07, 6.45) is 4.68. The second kappa shape index (κ2) is 8.82. The van der Waals surface area contributed by atoms with Crippen LogP contribution >= 0.6 is 0 Å².